The van der Waals surface area contributed by atoms with Gasteiger partial charge in [-0.2, -0.15) is 9.97 Å². The van der Waals surface area contributed by atoms with Crippen molar-refractivity contribution >= 4 is 32.7 Å². The molecule has 52 heavy (non-hydrogen) atoms. The van der Waals surface area contributed by atoms with Crippen molar-refractivity contribution in [3.05, 3.63) is 188 Å². The summed E-state index contributed by atoms with van der Waals surface area (Å²) in [5.41, 5.74) is 10.7. The van der Waals surface area contributed by atoms with Crippen molar-refractivity contribution in [2.75, 3.05) is 0 Å². The summed E-state index contributed by atoms with van der Waals surface area (Å²) >= 11 is 0. The lowest BCUT2D eigenvalue weighted by Gasteiger charge is -2.14. The van der Waals surface area contributed by atoms with Gasteiger partial charge in [0.15, 0.2) is 11.6 Å². The zero-order valence-corrected chi connectivity index (χ0v) is 28.1. The molecule has 10 rings (SSSR count). The molecular weight excluding hydrogens is 635 g/mol. The van der Waals surface area contributed by atoms with Crippen LogP contribution < -0.4 is 0 Å². The predicted molar refractivity (Wildman–Crippen MR) is 213 cm³/mol. The van der Waals surface area contributed by atoms with Gasteiger partial charge in [0, 0.05) is 38.5 Å². The van der Waals surface area contributed by atoms with Crippen LogP contribution >= 0.6 is 0 Å². The molecule has 0 spiro atoms. The summed E-state index contributed by atoms with van der Waals surface area (Å²) in [5, 5.41) is 3.62. The van der Waals surface area contributed by atoms with Crippen molar-refractivity contribution < 1.29 is 0 Å². The minimum absolute atomic E-state index is 0.566. The summed E-state index contributed by atoms with van der Waals surface area (Å²) in [4.78, 5) is 15.4. The van der Waals surface area contributed by atoms with Crippen molar-refractivity contribution in [2.24, 2.45) is 0 Å². The molecule has 0 aliphatic heterocycles. The van der Waals surface area contributed by atoms with Gasteiger partial charge in [0.25, 0.3) is 0 Å². The van der Waals surface area contributed by atoms with E-state index >= 15 is 0 Å². The average Bonchev–Trinajstić information content (AvgIpc) is 3.75. The van der Waals surface area contributed by atoms with E-state index in [1.165, 1.54) is 21.8 Å². The number of aromatic nitrogens is 5. The molecular formula is C47H31N5. The highest BCUT2D eigenvalue weighted by atomic mass is 15.2. The first-order chi connectivity index (χ1) is 25.8. The van der Waals surface area contributed by atoms with Crippen LogP contribution in [0, 0.1) is 0 Å². The van der Waals surface area contributed by atoms with Gasteiger partial charge < -0.3 is 4.57 Å². The van der Waals surface area contributed by atoms with Crippen LogP contribution in [0.2, 0.25) is 0 Å². The quantitative estimate of drug-likeness (QED) is 0.178. The SMILES string of the molecule is c1ccc(-c2nc(-c3ccccc3)nc(-n3c(-c4ccccc4)c(-c4ccc(-n5c6ccccc6c6ccccc65)cc4)c4ccccc43)n2)cc1. The minimum Gasteiger partial charge on any atom is -0.309 e. The van der Waals surface area contributed by atoms with Crippen LogP contribution in [0.4, 0.5) is 0 Å². The Morgan fingerprint density at radius 1 is 0.308 bits per heavy atom. The highest BCUT2D eigenvalue weighted by molar-refractivity contribution is 6.09. The lowest BCUT2D eigenvalue weighted by Crippen LogP contribution is -2.07. The Morgan fingerprint density at radius 3 is 1.25 bits per heavy atom. The van der Waals surface area contributed by atoms with Crippen LogP contribution in [0.3, 0.4) is 0 Å². The van der Waals surface area contributed by atoms with Gasteiger partial charge in [-0.05, 0) is 41.5 Å². The van der Waals surface area contributed by atoms with Gasteiger partial charge >= 0.3 is 0 Å². The molecule has 0 atom stereocenters. The highest BCUT2D eigenvalue weighted by Crippen LogP contribution is 2.43. The third kappa shape index (κ3) is 4.90. The van der Waals surface area contributed by atoms with Crippen molar-refractivity contribution in [1.29, 1.82) is 0 Å². The van der Waals surface area contributed by atoms with E-state index in [9.17, 15) is 0 Å². The molecule has 10 aromatic rings. The summed E-state index contributed by atoms with van der Waals surface area (Å²) in [6.07, 6.45) is 0. The first-order valence-electron chi connectivity index (χ1n) is 17.5. The molecule has 5 nitrogen and oxygen atoms in total. The summed E-state index contributed by atoms with van der Waals surface area (Å²) in [7, 11) is 0. The summed E-state index contributed by atoms with van der Waals surface area (Å²) < 4.78 is 4.57. The Balaban J connectivity index is 1.23. The van der Waals surface area contributed by atoms with Crippen molar-refractivity contribution in [2.45, 2.75) is 0 Å². The first-order valence-corrected chi connectivity index (χ1v) is 17.5. The molecule has 0 saturated carbocycles. The normalized spacial score (nSPS) is 11.5. The molecule has 0 amide bonds. The van der Waals surface area contributed by atoms with E-state index in [2.05, 4.69) is 137 Å². The number of benzene rings is 7. The topological polar surface area (TPSA) is 48.5 Å². The highest BCUT2D eigenvalue weighted by Gasteiger charge is 2.24. The zero-order valence-electron chi connectivity index (χ0n) is 28.1. The maximum atomic E-state index is 5.19. The van der Waals surface area contributed by atoms with Gasteiger partial charge in [0.1, 0.15) is 0 Å². The van der Waals surface area contributed by atoms with Crippen molar-refractivity contribution in [3.63, 3.8) is 0 Å². The Kier molecular flexibility index (Phi) is 7.07. The van der Waals surface area contributed by atoms with Gasteiger partial charge in [-0.15, -0.1) is 0 Å². The zero-order chi connectivity index (χ0) is 34.4. The van der Waals surface area contributed by atoms with E-state index in [1.807, 2.05) is 60.7 Å². The molecule has 7 aromatic carbocycles. The number of hydrogen-bond acceptors (Lipinski definition) is 3. The van der Waals surface area contributed by atoms with Gasteiger partial charge in [-0.3, -0.25) is 4.57 Å². The van der Waals surface area contributed by atoms with E-state index < -0.39 is 0 Å². The molecule has 3 heterocycles. The van der Waals surface area contributed by atoms with Crippen LogP contribution in [0.1, 0.15) is 0 Å². The molecule has 244 valence electrons. The maximum absolute atomic E-state index is 5.19. The number of nitrogens with zero attached hydrogens (tertiary/aromatic N) is 5. The Bertz CT molecular complexity index is 2760. The molecule has 0 fully saturated rings. The molecule has 0 saturated heterocycles. The maximum Gasteiger partial charge on any atom is 0.238 e. The Hall–Kier alpha value is -7.11. The molecule has 5 heteroatoms. The summed E-state index contributed by atoms with van der Waals surface area (Å²) in [6.45, 7) is 0. The van der Waals surface area contributed by atoms with Crippen LogP contribution in [0.15, 0.2) is 188 Å². The van der Waals surface area contributed by atoms with E-state index in [-0.39, 0.29) is 0 Å². The second-order valence-corrected chi connectivity index (χ2v) is 12.9. The van der Waals surface area contributed by atoms with Crippen molar-refractivity contribution in [1.82, 2.24) is 24.1 Å². The third-order valence-corrected chi connectivity index (χ3v) is 9.80. The number of para-hydroxylation sites is 3. The molecule has 0 radical (unpaired) electrons. The Morgan fingerprint density at radius 2 is 0.731 bits per heavy atom. The van der Waals surface area contributed by atoms with E-state index in [1.54, 1.807) is 0 Å². The van der Waals surface area contributed by atoms with Crippen LogP contribution in [0.5, 0.6) is 0 Å². The number of fused-ring (bicyclic) bond motifs is 4. The molecule has 0 aliphatic carbocycles. The summed E-state index contributed by atoms with van der Waals surface area (Å²) in [6, 6.07) is 65.6. The fourth-order valence-corrected chi connectivity index (χ4v) is 7.48. The first kappa shape index (κ1) is 29.8. The molecule has 0 unspecified atom stereocenters. The predicted octanol–water partition coefficient (Wildman–Crippen LogP) is 11.6. The van der Waals surface area contributed by atoms with Crippen LogP contribution in [-0.2, 0) is 0 Å². The second kappa shape index (κ2) is 12.3. The van der Waals surface area contributed by atoms with Gasteiger partial charge in [0.2, 0.25) is 5.95 Å². The second-order valence-electron chi connectivity index (χ2n) is 12.9. The Labute approximate surface area is 300 Å². The smallest absolute Gasteiger partial charge is 0.238 e. The third-order valence-electron chi connectivity index (χ3n) is 9.80. The number of rotatable bonds is 6. The molecule has 3 aromatic heterocycles. The fourth-order valence-electron chi connectivity index (χ4n) is 7.48. The summed E-state index contributed by atoms with van der Waals surface area (Å²) in [5.74, 6) is 1.81. The largest absolute Gasteiger partial charge is 0.309 e. The number of hydrogen-bond donors (Lipinski definition) is 0. The average molecular weight is 666 g/mol. The van der Waals surface area contributed by atoms with E-state index in [0.29, 0.717) is 17.6 Å². The fraction of sp³-hybridized carbons (Fsp3) is 0. The standard InChI is InChI=1S/C47H31N5/c1-4-16-33(17-5-1)44-43(32-28-30-36(31-29-32)51-40-25-13-10-22-37(40)38-23-11-14-26-41(38)51)39-24-12-15-27-42(39)52(44)47-49-45(34-18-6-2-7-19-34)48-46(50-47)35-20-8-3-9-21-35/h1-31H. The van der Waals surface area contributed by atoms with Gasteiger partial charge in [-0.25, -0.2) is 4.98 Å². The van der Waals surface area contributed by atoms with Gasteiger partial charge in [-0.1, -0.05) is 158 Å². The van der Waals surface area contributed by atoms with Crippen LogP contribution in [0.25, 0.3) is 89.5 Å². The minimum atomic E-state index is 0.566. The molecule has 0 bridgehead atoms. The van der Waals surface area contributed by atoms with Crippen LogP contribution in [-0.4, -0.2) is 24.1 Å². The van der Waals surface area contributed by atoms with Crippen molar-refractivity contribution in [3.8, 4) is 56.8 Å². The van der Waals surface area contributed by atoms with E-state index in [0.717, 1.165) is 50.1 Å². The molecule has 0 aliphatic rings. The lowest BCUT2D eigenvalue weighted by atomic mass is 9.98. The van der Waals surface area contributed by atoms with Gasteiger partial charge in [0.05, 0.1) is 22.2 Å². The monoisotopic (exact) mass is 665 g/mol. The molecule has 0 N–H and O–H groups in total. The lowest BCUT2D eigenvalue weighted by molar-refractivity contribution is 0.938. The van der Waals surface area contributed by atoms with E-state index in [4.69, 9.17) is 15.0 Å².